The highest BCUT2D eigenvalue weighted by Gasteiger charge is 2.21. The molecule has 2 rings (SSSR count). The number of rotatable bonds is 4. The first-order valence-electron chi connectivity index (χ1n) is 6.63. The van der Waals surface area contributed by atoms with Crippen LogP contribution in [-0.2, 0) is 9.53 Å². The number of anilines is 1. The fourth-order valence-electron chi connectivity index (χ4n) is 1.73. The Bertz CT molecular complexity index is 733. The molecule has 0 heterocycles. The van der Waals surface area contributed by atoms with Gasteiger partial charge in [-0.25, -0.2) is 4.79 Å². The Hall–Kier alpha value is -2.05. The SMILES string of the molecule is C[C@H](OC(=O)c1cc(Br)ccc1O)C(=O)Nc1ccc(Cl)cc1. The number of carbonyl (C=O) groups is 2. The molecule has 5 nitrogen and oxygen atoms in total. The molecule has 2 N–H and O–H groups in total. The molecule has 0 aromatic heterocycles. The van der Waals surface area contributed by atoms with Gasteiger partial charge in [0.15, 0.2) is 6.10 Å². The Kier molecular flexibility index (Phi) is 5.63. The number of hydrogen-bond donors (Lipinski definition) is 2. The molecule has 2 aromatic carbocycles. The van der Waals surface area contributed by atoms with E-state index in [9.17, 15) is 14.7 Å². The summed E-state index contributed by atoms with van der Waals surface area (Å²) >= 11 is 8.97. The van der Waals surface area contributed by atoms with Crippen LogP contribution in [0.5, 0.6) is 5.75 Å². The minimum atomic E-state index is -1.03. The third kappa shape index (κ3) is 4.71. The summed E-state index contributed by atoms with van der Waals surface area (Å²) in [6.07, 6.45) is -1.03. The first-order chi connectivity index (χ1) is 10.9. The first kappa shape index (κ1) is 17.3. The van der Waals surface area contributed by atoms with Gasteiger partial charge in [0.2, 0.25) is 0 Å². The van der Waals surface area contributed by atoms with E-state index < -0.39 is 18.0 Å². The Morgan fingerprint density at radius 3 is 2.52 bits per heavy atom. The summed E-state index contributed by atoms with van der Waals surface area (Å²) < 4.78 is 5.68. The second-order valence-corrected chi connectivity index (χ2v) is 6.06. The molecule has 1 amide bonds. The fraction of sp³-hybridized carbons (Fsp3) is 0.125. The molecule has 0 unspecified atom stereocenters. The Labute approximate surface area is 146 Å². The molecule has 0 aliphatic carbocycles. The number of nitrogens with one attached hydrogen (secondary N) is 1. The van der Waals surface area contributed by atoms with Gasteiger partial charge in [0.25, 0.3) is 5.91 Å². The van der Waals surface area contributed by atoms with Crippen LogP contribution in [0.1, 0.15) is 17.3 Å². The van der Waals surface area contributed by atoms with Crippen LogP contribution in [0.15, 0.2) is 46.9 Å². The molecule has 0 radical (unpaired) electrons. The van der Waals surface area contributed by atoms with E-state index in [2.05, 4.69) is 21.2 Å². The monoisotopic (exact) mass is 397 g/mol. The lowest BCUT2D eigenvalue weighted by molar-refractivity contribution is -0.123. The normalized spacial score (nSPS) is 11.6. The number of ether oxygens (including phenoxy) is 1. The van der Waals surface area contributed by atoms with Gasteiger partial charge >= 0.3 is 5.97 Å². The summed E-state index contributed by atoms with van der Waals surface area (Å²) in [5.41, 5.74) is 0.512. The van der Waals surface area contributed by atoms with Crippen LogP contribution < -0.4 is 5.32 Å². The number of esters is 1. The average Bonchev–Trinajstić information content (AvgIpc) is 2.51. The number of benzene rings is 2. The molecule has 7 heteroatoms. The minimum absolute atomic E-state index is 0.0227. The summed E-state index contributed by atoms with van der Waals surface area (Å²) in [4.78, 5) is 24.1. The van der Waals surface area contributed by atoms with E-state index in [1.165, 1.54) is 19.1 Å². The van der Waals surface area contributed by atoms with Crippen LogP contribution in [0.25, 0.3) is 0 Å². The van der Waals surface area contributed by atoms with Gasteiger partial charge < -0.3 is 15.2 Å². The predicted molar refractivity (Wildman–Crippen MR) is 90.8 cm³/mol. The van der Waals surface area contributed by atoms with Crippen molar-refractivity contribution in [2.75, 3.05) is 5.32 Å². The number of hydrogen-bond acceptors (Lipinski definition) is 4. The van der Waals surface area contributed by atoms with E-state index in [0.717, 1.165) is 0 Å². The fourth-order valence-corrected chi connectivity index (χ4v) is 2.21. The lowest BCUT2D eigenvalue weighted by Crippen LogP contribution is -2.30. The van der Waals surface area contributed by atoms with Gasteiger partial charge in [-0.05, 0) is 49.4 Å². The predicted octanol–water partition coefficient (Wildman–Crippen LogP) is 3.99. The Balaban J connectivity index is 2.01. The molecule has 0 fully saturated rings. The minimum Gasteiger partial charge on any atom is -0.507 e. The molecule has 120 valence electrons. The maximum absolute atomic E-state index is 12.0. The lowest BCUT2D eigenvalue weighted by atomic mass is 10.2. The van der Waals surface area contributed by atoms with Crippen molar-refractivity contribution in [1.82, 2.24) is 0 Å². The van der Waals surface area contributed by atoms with Crippen molar-refractivity contribution in [3.05, 3.63) is 57.5 Å². The van der Waals surface area contributed by atoms with Crippen LogP contribution in [-0.4, -0.2) is 23.1 Å². The molecule has 0 bridgehead atoms. The molecule has 0 saturated carbocycles. The Morgan fingerprint density at radius 1 is 1.22 bits per heavy atom. The zero-order valence-corrected chi connectivity index (χ0v) is 14.4. The summed E-state index contributed by atoms with van der Waals surface area (Å²) in [7, 11) is 0. The van der Waals surface area contributed by atoms with Gasteiger partial charge in [-0.2, -0.15) is 0 Å². The number of carbonyl (C=O) groups excluding carboxylic acids is 2. The summed E-state index contributed by atoms with van der Waals surface area (Å²) in [5, 5.41) is 12.8. The van der Waals surface area contributed by atoms with Crippen LogP contribution in [0, 0.1) is 0 Å². The maximum Gasteiger partial charge on any atom is 0.342 e. The number of halogens is 2. The van der Waals surface area contributed by atoms with Crippen molar-refractivity contribution in [2.45, 2.75) is 13.0 Å². The van der Waals surface area contributed by atoms with Gasteiger partial charge in [0, 0.05) is 15.2 Å². The topological polar surface area (TPSA) is 75.6 Å². The largest absolute Gasteiger partial charge is 0.507 e. The van der Waals surface area contributed by atoms with E-state index in [-0.39, 0.29) is 11.3 Å². The molecule has 0 aliphatic rings. The van der Waals surface area contributed by atoms with E-state index >= 15 is 0 Å². The van der Waals surface area contributed by atoms with E-state index in [0.29, 0.717) is 15.2 Å². The van der Waals surface area contributed by atoms with Crippen molar-refractivity contribution in [2.24, 2.45) is 0 Å². The second kappa shape index (κ2) is 7.48. The van der Waals surface area contributed by atoms with Crippen LogP contribution >= 0.6 is 27.5 Å². The number of phenolic OH excluding ortho intramolecular Hbond substituents is 1. The lowest BCUT2D eigenvalue weighted by Gasteiger charge is -2.14. The molecule has 0 spiro atoms. The van der Waals surface area contributed by atoms with E-state index in [1.54, 1.807) is 30.3 Å². The standard InChI is InChI=1S/C16H13BrClNO4/c1-9(15(21)19-12-5-3-11(18)4-6-12)23-16(22)13-8-10(17)2-7-14(13)20/h2-9,20H,1H3,(H,19,21)/t9-/m0/s1. The highest BCUT2D eigenvalue weighted by Crippen LogP contribution is 2.23. The van der Waals surface area contributed by atoms with Crippen molar-refractivity contribution in [3.63, 3.8) is 0 Å². The van der Waals surface area contributed by atoms with Crippen molar-refractivity contribution in [3.8, 4) is 5.75 Å². The zero-order valence-electron chi connectivity index (χ0n) is 12.0. The molecule has 2 aromatic rings. The van der Waals surface area contributed by atoms with Crippen molar-refractivity contribution < 1.29 is 19.4 Å². The molecule has 1 atom stereocenters. The van der Waals surface area contributed by atoms with E-state index in [1.807, 2.05) is 0 Å². The number of amides is 1. The van der Waals surface area contributed by atoms with Crippen molar-refractivity contribution >= 4 is 45.1 Å². The van der Waals surface area contributed by atoms with Crippen molar-refractivity contribution in [1.29, 1.82) is 0 Å². The van der Waals surface area contributed by atoms with Gasteiger partial charge in [-0.1, -0.05) is 27.5 Å². The first-order valence-corrected chi connectivity index (χ1v) is 7.80. The summed E-state index contributed by atoms with van der Waals surface area (Å²) in [5.74, 6) is -1.50. The van der Waals surface area contributed by atoms with Gasteiger partial charge in [-0.15, -0.1) is 0 Å². The van der Waals surface area contributed by atoms with Gasteiger partial charge in [-0.3, -0.25) is 4.79 Å². The highest BCUT2D eigenvalue weighted by atomic mass is 79.9. The summed E-state index contributed by atoms with van der Waals surface area (Å²) in [6, 6.07) is 10.9. The highest BCUT2D eigenvalue weighted by molar-refractivity contribution is 9.10. The molecule has 0 saturated heterocycles. The maximum atomic E-state index is 12.0. The van der Waals surface area contributed by atoms with Crippen LogP contribution in [0.4, 0.5) is 5.69 Å². The number of aromatic hydroxyl groups is 1. The third-order valence-corrected chi connectivity index (χ3v) is 3.69. The molecule has 0 aliphatic heterocycles. The van der Waals surface area contributed by atoms with Gasteiger partial charge in [0.1, 0.15) is 11.3 Å². The molecule has 23 heavy (non-hydrogen) atoms. The second-order valence-electron chi connectivity index (χ2n) is 4.71. The van der Waals surface area contributed by atoms with E-state index in [4.69, 9.17) is 16.3 Å². The van der Waals surface area contributed by atoms with Gasteiger partial charge in [0.05, 0.1) is 0 Å². The average molecular weight is 399 g/mol. The van der Waals surface area contributed by atoms with Crippen LogP contribution in [0.3, 0.4) is 0 Å². The molecular formula is C16H13BrClNO4. The third-order valence-electron chi connectivity index (χ3n) is 2.94. The Morgan fingerprint density at radius 2 is 1.87 bits per heavy atom. The molecular weight excluding hydrogens is 386 g/mol. The quantitative estimate of drug-likeness (QED) is 0.764. The number of phenols is 1. The summed E-state index contributed by atoms with van der Waals surface area (Å²) in [6.45, 7) is 1.44. The zero-order chi connectivity index (χ0) is 17.0. The van der Waals surface area contributed by atoms with Crippen LogP contribution in [0.2, 0.25) is 5.02 Å². The smallest absolute Gasteiger partial charge is 0.342 e.